The second-order valence-electron chi connectivity index (χ2n) is 7.45. The van der Waals surface area contributed by atoms with E-state index in [-0.39, 0.29) is 17.7 Å². The van der Waals surface area contributed by atoms with Crippen molar-refractivity contribution in [2.24, 2.45) is 5.92 Å². The molecule has 2 heterocycles. The van der Waals surface area contributed by atoms with Crippen LogP contribution in [-0.4, -0.2) is 48.4 Å². The van der Waals surface area contributed by atoms with Crippen molar-refractivity contribution in [2.75, 3.05) is 26.7 Å². The molecule has 1 aromatic carbocycles. The van der Waals surface area contributed by atoms with Gasteiger partial charge in [-0.15, -0.1) is 0 Å². The topological polar surface area (TPSA) is 74.4 Å². The number of aromatic nitrogens is 1. The van der Waals surface area contributed by atoms with E-state index in [0.29, 0.717) is 31.7 Å². The number of ether oxygens (including phenoxy) is 1. The molecule has 1 saturated heterocycles. The van der Waals surface area contributed by atoms with Gasteiger partial charge in [-0.3, -0.25) is 9.59 Å². The van der Waals surface area contributed by atoms with E-state index in [4.69, 9.17) is 4.74 Å². The molecular formula is C22H29N3O3. The van der Waals surface area contributed by atoms with Crippen LogP contribution in [0.5, 0.6) is 5.75 Å². The Morgan fingerprint density at radius 1 is 1.29 bits per heavy atom. The van der Waals surface area contributed by atoms with Crippen LogP contribution in [0.2, 0.25) is 0 Å². The molecule has 28 heavy (non-hydrogen) atoms. The van der Waals surface area contributed by atoms with E-state index >= 15 is 0 Å². The lowest BCUT2D eigenvalue weighted by Gasteiger charge is -2.32. The third kappa shape index (κ3) is 4.55. The summed E-state index contributed by atoms with van der Waals surface area (Å²) in [6.07, 6.45) is 2.37. The molecule has 0 aliphatic carbocycles. The van der Waals surface area contributed by atoms with Crippen molar-refractivity contribution in [3.05, 3.63) is 52.8 Å². The van der Waals surface area contributed by atoms with Crippen LogP contribution in [0, 0.1) is 19.8 Å². The Labute approximate surface area is 166 Å². The maximum atomic E-state index is 12.8. The van der Waals surface area contributed by atoms with Crippen LogP contribution in [0.25, 0.3) is 0 Å². The van der Waals surface area contributed by atoms with Crippen LogP contribution < -0.4 is 10.1 Å². The van der Waals surface area contributed by atoms with Crippen LogP contribution in [0.15, 0.2) is 30.3 Å². The van der Waals surface area contributed by atoms with Crippen molar-refractivity contribution in [1.29, 1.82) is 0 Å². The van der Waals surface area contributed by atoms with Crippen LogP contribution in [0.3, 0.4) is 0 Å². The summed E-state index contributed by atoms with van der Waals surface area (Å²) >= 11 is 0. The lowest BCUT2D eigenvalue weighted by molar-refractivity contribution is -0.126. The minimum atomic E-state index is -0.160. The van der Waals surface area contributed by atoms with E-state index in [1.807, 2.05) is 44.2 Å². The van der Waals surface area contributed by atoms with Gasteiger partial charge in [-0.05, 0) is 56.4 Å². The van der Waals surface area contributed by atoms with Crippen LogP contribution in [0.1, 0.15) is 40.2 Å². The number of amides is 2. The molecule has 0 spiro atoms. The van der Waals surface area contributed by atoms with E-state index < -0.39 is 0 Å². The number of piperidine rings is 1. The van der Waals surface area contributed by atoms with Crippen molar-refractivity contribution in [1.82, 2.24) is 15.2 Å². The zero-order valence-electron chi connectivity index (χ0n) is 16.9. The maximum absolute atomic E-state index is 12.8. The van der Waals surface area contributed by atoms with Gasteiger partial charge in [-0.25, -0.2) is 0 Å². The molecule has 0 saturated carbocycles. The smallest absolute Gasteiger partial charge is 0.270 e. The lowest BCUT2D eigenvalue weighted by atomic mass is 9.96. The van der Waals surface area contributed by atoms with Gasteiger partial charge in [-0.2, -0.15) is 0 Å². The highest BCUT2D eigenvalue weighted by molar-refractivity contribution is 5.94. The summed E-state index contributed by atoms with van der Waals surface area (Å²) in [6.45, 7) is 5.59. The summed E-state index contributed by atoms with van der Waals surface area (Å²) in [5, 5.41) is 3.03. The quantitative estimate of drug-likeness (QED) is 0.805. The second kappa shape index (κ2) is 8.95. The molecule has 2 N–H and O–H groups in total. The second-order valence-corrected chi connectivity index (χ2v) is 7.45. The highest BCUT2D eigenvalue weighted by atomic mass is 16.5. The average molecular weight is 383 g/mol. The standard InChI is InChI=1S/C22H29N3O3/c1-15-13-16(2)24-20(15)22(27)25-12-6-8-18(14-25)21(26)23-11-10-17-7-4-5-9-19(17)28-3/h4-5,7,9,13,18,24H,6,8,10-12,14H2,1-3H3,(H,23,26)/t18-/m0/s1. The van der Waals surface area contributed by atoms with Gasteiger partial charge in [0.05, 0.1) is 13.0 Å². The minimum Gasteiger partial charge on any atom is -0.496 e. The number of nitrogens with one attached hydrogen (secondary N) is 2. The number of para-hydroxylation sites is 1. The fourth-order valence-electron chi connectivity index (χ4n) is 3.86. The highest BCUT2D eigenvalue weighted by Gasteiger charge is 2.29. The molecule has 2 aromatic rings. The van der Waals surface area contributed by atoms with Gasteiger partial charge in [0.25, 0.3) is 5.91 Å². The van der Waals surface area contributed by atoms with Crippen molar-refractivity contribution < 1.29 is 14.3 Å². The van der Waals surface area contributed by atoms with E-state index in [0.717, 1.165) is 35.4 Å². The normalized spacial score (nSPS) is 16.7. The van der Waals surface area contributed by atoms with Crippen molar-refractivity contribution in [3.8, 4) is 5.75 Å². The largest absolute Gasteiger partial charge is 0.496 e. The van der Waals surface area contributed by atoms with Gasteiger partial charge in [0.15, 0.2) is 0 Å². The molecule has 150 valence electrons. The van der Waals surface area contributed by atoms with E-state index in [2.05, 4.69) is 10.3 Å². The molecule has 0 radical (unpaired) electrons. The maximum Gasteiger partial charge on any atom is 0.270 e. The first kappa shape index (κ1) is 20.0. The molecule has 1 atom stereocenters. The van der Waals surface area contributed by atoms with E-state index in [1.54, 1.807) is 12.0 Å². The Bertz CT molecular complexity index is 843. The number of aromatic amines is 1. The number of rotatable bonds is 6. The predicted octanol–water partition coefficient (Wildman–Crippen LogP) is 2.85. The van der Waals surface area contributed by atoms with Crippen molar-refractivity contribution in [2.45, 2.75) is 33.1 Å². The predicted molar refractivity (Wildman–Crippen MR) is 109 cm³/mol. The summed E-state index contributed by atoms with van der Waals surface area (Å²) in [5.74, 6) is 0.679. The summed E-state index contributed by atoms with van der Waals surface area (Å²) < 4.78 is 5.35. The average Bonchev–Trinajstić information content (AvgIpc) is 3.05. The summed E-state index contributed by atoms with van der Waals surface area (Å²) in [4.78, 5) is 30.4. The van der Waals surface area contributed by atoms with Crippen molar-refractivity contribution >= 4 is 11.8 Å². The van der Waals surface area contributed by atoms with E-state index in [1.165, 1.54) is 0 Å². The Hall–Kier alpha value is -2.76. The zero-order valence-corrected chi connectivity index (χ0v) is 16.9. The summed E-state index contributed by atoms with van der Waals surface area (Å²) in [5.41, 5.74) is 3.63. The molecule has 2 amide bonds. The Kier molecular flexibility index (Phi) is 6.39. The van der Waals surface area contributed by atoms with Gasteiger partial charge < -0.3 is 19.9 Å². The Balaban J connectivity index is 1.54. The van der Waals surface area contributed by atoms with Crippen LogP contribution in [-0.2, 0) is 11.2 Å². The van der Waals surface area contributed by atoms with Gasteiger partial charge >= 0.3 is 0 Å². The molecule has 0 unspecified atom stereocenters. The molecule has 1 aliphatic rings. The molecular weight excluding hydrogens is 354 g/mol. The van der Waals surface area contributed by atoms with Gasteiger partial charge in [-0.1, -0.05) is 18.2 Å². The number of carbonyl (C=O) groups is 2. The third-order valence-corrected chi connectivity index (χ3v) is 5.33. The third-order valence-electron chi connectivity index (χ3n) is 5.33. The number of hydrogen-bond acceptors (Lipinski definition) is 3. The number of carbonyl (C=O) groups excluding carboxylic acids is 2. The van der Waals surface area contributed by atoms with Gasteiger partial charge in [0, 0.05) is 25.3 Å². The molecule has 6 heteroatoms. The molecule has 1 aromatic heterocycles. The number of benzene rings is 1. The monoisotopic (exact) mass is 383 g/mol. The van der Waals surface area contributed by atoms with Crippen LogP contribution >= 0.6 is 0 Å². The number of nitrogens with zero attached hydrogens (tertiary/aromatic N) is 1. The molecule has 1 aliphatic heterocycles. The minimum absolute atomic E-state index is 0.0166. The fraction of sp³-hybridized carbons (Fsp3) is 0.455. The number of aryl methyl sites for hydroxylation is 2. The van der Waals surface area contributed by atoms with Gasteiger partial charge in [0.1, 0.15) is 11.4 Å². The Morgan fingerprint density at radius 2 is 2.07 bits per heavy atom. The van der Waals surface area contributed by atoms with E-state index in [9.17, 15) is 9.59 Å². The number of H-pyrrole nitrogens is 1. The zero-order chi connectivity index (χ0) is 20.1. The van der Waals surface area contributed by atoms with Crippen LogP contribution in [0.4, 0.5) is 0 Å². The lowest BCUT2D eigenvalue weighted by Crippen LogP contribution is -2.46. The first-order chi connectivity index (χ1) is 13.5. The molecule has 1 fully saturated rings. The SMILES string of the molecule is COc1ccccc1CCNC(=O)[C@H]1CCCN(C(=O)c2[nH]c(C)cc2C)C1. The summed E-state index contributed by atoms with van der Waals surface area (Å²) in [6, 6.07) is 9.80. The highest BCUT2D eigenvalue weighted by Crippen LogP contribution is 2.21. The Morgan fingerprint density at radius 3 is 2.79 bits per heavy atom. The first-order valence-corrected chi connectivity index (χ1v) is 9.84. The van der Waals surface area contributed by atoms with Crippen molar-refractivity contribution in [3.63, 3.8) is 0 Å². The van der Waals surface area contributed by atoms with Gasteiger partial charge in [0.2, 0.25) is 5.91 Å². The number of likely N-dealkylation sites (tertiary alicyclic amines) is 1. The number of methoxy groups -OCH3 is 1. The molecule has 0 bridgehead atoms. The molecule has 3 rings (SSSR count). The first-order valence-electron chi connectivity index (χ1n) is 9.84. The number of hydrogen-bond donors (Lipinski definition) is 2. The fourth-order valence-corrected chi connectivity index (χ4v) is 3.86. The summed E-state index contributed by atoms with van der Waals surface area (Å²) in [7, 11) is 1.65. The molecule has 6 nitrogen and oxygen atoms in total.